The van der Waals surface area contributed by atoms with Crippen LogP contribution in [-0.4, -0.2) is 29.4 Å². The van der Waals surface area contributed by atoms with Crippen molar-refractivity contribution in [3.05, 3.63) is 49.2 Å². The molecule has 7 nitrogen and oxygen atoms in total. The molecule has 5 rings (SSSR count). The highest BCUT2D eigenvalue weighted by atomic mass is 15.3. The number of hydrogen-bond donors (Lipinski definition) is 1. The van der Waals surface area contributed by atoms with Crippen LogP contribution in [0.4, 0.5) is 5.82 Å². The Hall–Kier alpha value is -3.22. The van der Waals surface area contributed by atoms with Gasteiger partial charge in [0.25, 0.3) is 0 Å². The smallest absolute Gasteiger partial charge is 0.152 e. The first kappa shape index (κ1) is 15.1. The maximum Gasteiger partial charge on any atom is 0.152 e. The molecule has 1 fully saturated rings. The maximum absolute atomic E-state index is 6.24. The fraction of sp³-hybridized carbons (Fsp3) is 0.263. The van der Waals surface area contributed by atoms with Crippen LogP contribution in [0.1, 0.15) is 31.7 Å². The van der Waals surface area contributed by atoms with Crippen LogP contribution in [0.15, 0.2) is 49.2 Å². The van der Waals surface area contributed by atoms with E-state index in [1.807, 2.05) is 35.1 Å². The summed E-state index contributed by atoms with van der Waals surface area (Å²) in [6, 6.07) is 8.54. The minimum absolute atomic E-state index is 0.447. The molecule has 2 N–H and O–H groups in total. The second-order valence-electron chi connectivity index (χ2n) is 6.69. The van der Waals surface area contributed by atoms with E-state index in [2.05, 4.69) is 30.9 Å². The Morgan fingerprint density at radius 2 is 1.92 bits per heavy atom. The third-order valence-corrected chi connectivity index (χ3v) is 5.16. The number of rotatable bonds is 3. The van der Waals surface area contributed by atoms with Gasteiger partial charge in [0.15, 0.2) is 5.82 Å². The van der Waals surface area contributed by atoms with Crippen LogP contribution < -0.4 is 5.73 Å². The van der Waals surface area contributed by atoms with E-state index in [4.69, 9.17) is 5.73 Å². The molecule has 26 heavy (non-hydrogen) atoms. The molecule has 0 aromatic carbocycles. The first-order valence-electron chi connectivity index (χ1n) is 8.89. The normalized spacial score (nSPS) is 15.1. The van der Waals surface area contributed by atoms with Gasteiger partial charge in [-0.05, 0) is 37.1 Å². The van der Waals surface area contributed by atoms with Crippen molar-refractivity contribution in [3.63, 3.8) is 0 Å². The van der Waals surface area contributed by atoms with Gasteiger partial charge in [0.05, 0.1) is 17.4 Å². The Morgan fingerprint density at radius 1 is 1.04 bits per heavy atom. The molecule has 4 aromatic heterocycles. The average molecular weight is 345 g/mol. The topological polar surface area (TPSA) is 86.9 Å². The highest BCUT2D eigenvalue weighted by Crippen LogP contribution is 2.38. The third kappa shape index (κ3) is 2.28. The van der Waals surface area contributed by atoms with Crippen LogP contribution in [0.5, 0.6) is 0 Å². The van der Waals surface area contributed by atoms with Gasteiger partial charge < -0.3 is 5.73 Å². The summed E-state index contributed by atoms with van der Waals surface area (Å²) in [6.07, 6.45) is 11.8. The van der Waals surface area contributed by atoms with Crippen molar-refractivity contribution < 1.29 is 0 Å². The number of pyridine rings is 1. The molecule has 4 heterocycles. The van der Waals surface area contributed by atoms with Crippen molar-refractivity contribution in [1.82, 2.24) is 29.4 Å². The zero-order valence-corrected chi connectivity index (χ0v) is 14.3. The van der Waals surface area contributed by atoms with Gasteiger partial charge >= 0.3 is 0 Å². The van der Waals surface area contributed by atoms with Crippen LogP contribution in [0, 0.1) is 0 Å². The van der Waals surface area contributed by atoms with E-state index in [1.165, 1.54) is 32.0 Å². The summed E-state index contributed by atoms with van der Waals surface area (Å²) in [5, 5.41) is 9.05. The van der Waals surface area contributed by atoms with Crippen molar-refractivity contribution in [1.29, 1.82) is 0 Å². The Kier molecular flexibility index (Phi) is 3.44. The molecule has 0 radical (unpaired) electrons. The molecule has 0 saturated heterocycles. The number of hydrogen-bond acceptors (Lipinski definition) is 5. The van der Waals surface area contributed by atoms with Gasteiger partial charge in [0.2, 0.25) is 0 Å². The fourth-order valence-electron chi connectivity index (χ4n) is 3.95. The zero-order valence-electron chi connectivity index (χ0n) is 14.3. The largest absolute Gasteiger partial charge is 0.382 e. The second-order valence-corrected chi connectivity index (χ2v) is 6.69. The monoisotopic (exact) mass is 345 g/mol. The van der Waals surface area contributed by atoms with E-state index >= 15 is 0 Å². The lowest BCUT2D eigenvalue weighted by atomic mass is 10.1. The predicted octanol–water partition coefficient (Wildman–Crippen LogP) is 3.35. The number of nitrogens with two attached hydrogens (primary N) is 1. The molecule has 0 spiro atoms. The van der Waals surface area contributed by atoms with Crippen LogP contribution in [-0.2, 0) is 0 Å². The number of anilines is 1. The van der Waals surface area contributed by atoms with Gasteiger partial charge in [0.1, 0.15) is 11.8 Å². The number of aromatic nitrogens is 6. The van der Waals surface area contributed by atoms with Gasteiger partial charge in [0, 0.05) is 29.7 Å². The first-order valence-corrected chi connectivity index (χ1v) is 8.89. The van der Waals surface area contributed by atoms with E-state index in [-0.39, 0.29) is 0 Å². The molecular formula is C19H19N7. The van der Waals surface area contributed by atoms with Crippen molar-refractivity contribution >= 4 is 11.3 Å². The van der Waals surface area contributed by atoms with E-state index in [0.717, 1.165) is 28.0 Å². The van der Waals surface area contributed by atoms with Gasteiger partial charge in [-0.2, -0.15) is 10.2 Å². The van der Waals surface area contributed by atoms with Crippen molar-refractivity contribution in [2.75, 3.05) is 5.73 Å². The van der Waals surface area contributed by atoms with E-state index < -0.39 is 0 Å². The van der Waals surface area contributed by atoms with Gasteiger partial charge in [-0.25, -0.2) is 9.50 Å². The molecule has 0 amide bonds. The lowest BCUT2D eigenvalue weighted by Gasteiger charge is -2.14. The summed E-state index contributed by atoms with van der Waals surface area (Å²) in [5.41, 5.74) is 11.0. The summed E-state index contributed by atoms with van der Waals surface area (Å²) in [5.74, 6) is 0.462. The van der Waals surface area contributed by atoms with Gasteiger partial charge in [-0.3, -0.25) is 9.67 Å². The summed E-state index contributed by atoms with van der Waals surface area (Å²) >= 11 is 0. The van der Waals surface area contributed by atoms with E-state index in [0.29, 0.717) is 11.9 Å². The standard InChI is InChI=1S/C19H19N7/c20-19-18-15(16-7-9-23-25(16)14-5-1-2-6-14)10-17(26(18)24-12-22-19)13-4-3-8-21-11-13/h3-4,7-12,14H,1-2,5-6H2,(H2,20,22,24). The second kappa shape index (κ2) is 5.94. The summed E-state index contributed by atoms with van der Waals surface area (Å²) in [4.78, 5) is 8.45. The molecule has 4 aromatic rings. The molecule has 7 heteroatoms. The molecule has 1 aliphatic carbocycles. The van der Waals surface area contributed by atoms with Crippen molar-refractivity contribution in [2.24, 2.45) is 0 Å². The Labute approximate surface area is 150 Å². The Bertz CT molecular complexity index is 1060. The molecule has 130 valence electrons. The molecule has 0 aliphatic heterocycles. The minimum Gasteiger partial charge on any atom is -0.382 e. The van der Waals surface area contributed by atoms with Crippen LogP contribution in [0.3, 0.4) is 0 Å². The minimum atomic E-state index is 0.447. The van der Waals surface area contributed by atoms with Crippen LogP contribution in [0.25, 0.3) is 28.0 Å². The van der Waals surface area contributed by atoms with Gasteiger partial charge in [-0.1, -0.05) is 12.8 Å². The Morgan fingerprint density at radius 3 is 2.73 bits per heavy atom. The Balaban J connectivity index is 1.76. The lowest BCUT2D eigenvalue weighted by Crippen LogP contribution is -2.08. The van der Waals surface area contributed by atoms with Crippen molar-refractivity contribution in [2.45, 2.75) is 31.7 Å². The van der Waals surface area contributed by atoms with E-state index in [1.54, 1.807) is 6.20 Å². The average Bonchev–Trinajstić information content (AvgIpc) is 3.41. The summed E-state index contributed by atoms with van der Waals surface area (Å²) in [7, 11) is 0. The van der Waals surface area contributed by atoms with Crippen LogP contribution >= 0.6 is 0 Å². The van der Waals surface area contributed by atoms with Crippen molar-refractivity contribution in [3.8, 4) is 22.5 Å². The molecule has 0 unspecified atom stereocenters. The first-order chi connectivity index (χ1) is 12.8. The highest BCUT2D eigenvalue weighted by Gasteiger charge is 2.24. The maximum atomic E-state index is 6.24. The third-order valence-electron chi connectivity index (χ3n) is 5.16. The highest BCUT2D eigenvalue weighted by molar-refractivity contribution is 5.90. The molecular weight excluding hydrogens is 326 g/mol. The van der Waals surface area contributed by atoms with Gasteiger partial charge in [-0.15, -0.1) is 0 Å². The predicted molar refractivity (Wildman–Crippen MR) is 99.4 cm³/mol. The number of fused-ring (bicyclic) bond motifs is 1. The lowest BCUT2D eigenvalue weighted by molar-refractivity contribution is 0.472. The fourth-order valence-corrected chi connectivity index (χ4v) is 3.95. The number of nitrogens with zero attached hydrogens (tertiary/aromatic N) is 6. The summed E-state index contributed by atoms with van der Waals surface area (Å²) < 4.78 is 3.99. The molecule has 0 bridgehead atoms. The molecule has 0 atom stereocenters. The SMILES string of the molecule is Nc1ncnn2c(-c3cccnc3)cc(-c3ccnn3C3CCCC3)c12. The molecule has 1 aliphatic rings. The van der Waals surface area contributed by atoms with E-state index in [9.17, 15) is 0 Å². The number of nitrogen functional groups attached to an aromatic ring is 1. The summed E-state index contributed by atoms with van der Waals surface area (Å²) in [6.45, 7) is 0. The zero-order chi connectivity index (χ0) is 17.5. The molecule has 1 saturated carbocycles. The van der Waals surface area contributed by atoms with Crippen LogP contribution in [0.2, 0.25) is 0 Å². The quantitative estimate of drug-likeness (QED) is 0.615.